The smallest absolute Gasteiger partial charge is 0.280 e. The van der Waals surface area contributed by atoms with Crippen LogP contribution in [0.15, 0.2) is 36.9 Å². The average molecular weight is 600 g/mol. The van der Waals surface area contributed by atoms with Gasteiger partial charge in [-0.3, -0.25) is 19.5 Å². The van der Waals surface area contributed by atoms with Gasteiger partial charge in [-0.2, -0.15) is 0 Å². The van der Waals surface area contributed by atoms with Gasteiger partial charge in [-0.05, 0) is 51.3 Å². The summed E-state index contributed by atoms with van der Waals surface area (Å²) in [5.74, 6) is 0.0628. The maximum atomic E-state index is 13.5. The van der Waals surface area contributed by atoms with Crippen LogP contribution >= 0.6 is 11.3 Å². The summed E-state index contributed by atoms with van der Waals surface area (Å²) in [5.41, 5.74) is 1.74. The molecule has 0 bridgehead atoms. The molecule has 2 N–H and O–H groups in total. The van der Waals surface area contributed by atoms with Crippen LogP contribution in [-0.4, -0.2) is 83.9 Å². The van der Waals surface area contributed by atoms with E-state index in [1.165, 1.54) is 17.5 Å². The van der Waals surface area contributed by atoms with Crippen molar-refractivity contribution in [1.82, 2.24) is 30.2 Å². The molecule has 0 aromatic carbocycles. The van der Waals surface area contributed by atoms with Crippen molar-refractivity contribution < 1.29 is 22.7 Å². The Hall–Kier alpha value is -3.20. The van der Waals surface area contributed by atoms with Gasteiger partial charge in [-0.25, -0.2) is 18.4 Å². The van der Waals surface area contributed by atoms with Crippen molar-refractivity contribution in [2.24, 2.45) is 5.41 Å². The number of sulfonamides is 1. The van der Waals surface area contributed by atoms with Crippen LogP contribution in [0.5, 0.6) is 5.88 Å². The minimum absolute atomic E-state index is 0.158. The summed E-state index contributed by atoms with van der Waals surface area (Å²) in [5, 5.41) is 3.05. The van der Waals surface area contributed by atoms with Crippen molar-refractivity contribution in [3.8, 4) is 16.5 Å². The van der Waals surface area contributed by atoms with Crippen LogP contribution in [-0.2, 0) is 14.8 Å². The number of anilines is 1. The van der Waals surface area contributed by atoms with Crippen LogP contribution < -0.4 is 14.8 Å². The number of rotatable bonds is 11. The summed E-state index contributed by atoms with van der Waals surface area (Å²) < 4.78 is 38.9. The molecule has 1 saturated carbocycles. The predicted octanol–water partition coefficient (Wildman–Crippen LogP) is 2.88. The third kappa shape index (κ3) is 6.50. The molecule has 41 heavy (non-hydrogen) atoms. The first-order valence-electron chi connectivity index (χ1n) is 13.8. The zero-order valence-corrected chi connectivity index (χ0v) is 24.4. The number of amides is 1. The fourth-order valence-electron chi connectivity index (χ4n) is 5.36. The number of hydrogen-bond acceptors (Lipinski definition) is 11. The molecule has 12 nitrogen and oxygen atoms in total. The fraction of sp³-hybridized carbons (Fsp3) is 0.519. The van der Waals surface area contributed by atoms with Crippen molar-refractivity contribution in [2.75, 3.05) is 44.2 Å². The SMILES string of the molecule is CCOc1cncc(-c2cnc(C(=O)N[C@@H](CN3CC[C@@]4(CCOC4)C3)c3cc(NS(=O)(=O)C4CC4)ccn3)s2)n1. The summed E-state index contributed by atoms with van der Waals surface area (Å²) in [4.78, 5) is 34.0. The van der Waals surface area contributed by atoms with Crippen molar-refractivity contribution in [3.63, 3.8) is 0 Å². The lowest BCUT2D eigenvalue weighted by atomic mass is 9.87. The van der Waals surface area contributed by atoms with Gasteiger partial charge in [0.25, 0.3) is 5.91 Å². The normalized spacial score (nSPS) is 21.7. The zero-order valence-electron chi connectivity index (χ0n) is 22.8. The summed E-state index contributed by atoms with van der Waals surface area (Å²) >= 11 is 1.21. The minimum Gasteiger partial charge on any atom is -0.477 e. The van der Waals surface area contributed by atoms with E-state index < -0.39 is 16.1 Å². The zero-order chi connectivity index (χ0) is 28.5. The summed E-state index contributed by atoms with van der Waals surface area (Å²) in [6, 6.07) is 2.85. The van der Waals surface area contributed by atoms with E-state index in [1.807, 2.05) is 6.92 Å². The lowest BCUT2D eigenvalue weighted by Crippen LogP contribution is -2.38. The van der Waals surface area contributed by atoms with Gasteiger partial charge in [0.2, 0.25) is 15.9 Å². The molecule has 0 unspecified atom stereocenters. The van der Waals surface area contributed by atoms with Crippen LogP contribution in [0.2, 0.25) is 0 Å². The van der Waals surface area contributed by atoms with Crippen LogP contribution in [0.1, 0.15) is 54.1 Å². The Bertz CT molecular complexity index is 1500. The Kier molecular flexibility index (Phi) is 7.90. The minimum atomic E-state index is -3.43. The van der Waals surface area contributed by atoms with Crippen LogP contribution in [0.25, 0.3) is 10.6 Å². The Balaban J connectivity index is 1.22. The van der Waals surface area contributed by atoms with E-state index in [2.05, 4.69) is 34.9 Å². The van der Waals surface area contributed by atoms with Crippen LogP contribution in [0.4, 0.5) is 5.69 Å². The molecule has 2 aliphatic heterocycles. The highest BCUT2D eigenvalue weighted by molar-refractivity contribution is 7.93. The van der Waals surface area contributed by atoms with Gasteiger partial charge >= 0.3 is 0 Å². The highest BCUT2D eigenvalue weighted by Gasteiger charge is 2.42. The van der Waals surface area contributed by atoms with Gasteiger partial charge in [0, 0.05) is 37.5 Å². The average Bonchev–Trinajstić information content (AvgIpc) is 3.36. The van der Waals surface area contributed by atoms with Gasteiger partial charge < -0.3 is 19.7 Å². The Morgan fingerprint density at radius 3 is 2.93 bits per heavy atom. The standard InChI is InChI=1S/C27H33N7O5S2/c1-2-39-24-14-28-12-21(31-24)23-13-30-26(40-23)25(35)32-22(15-34-9-6-27(16-34)7-10-38-17-27)20-11-18(5-8-29-20)33-41(36,37)19-3-4-19/h5,8,11-14,19,22H,2-4,6-7,9-10,15-17H2,1H3,(H,29,33)(H,32,35)/t22-,27+/m0/s1. The fourth-order valence-corrected chi connectivity index (χ4v) is 7.51. The molecule has 14 heteroatoms. The van der Waals surface area contributed by atoms with Gasteiger partial charge in [0.1, 0.15) is 5.69 Å². The third-order valence-corrected chi connectivity index (χ3v) is 10.6. The molecule has 3 aromatic rings. The number of hydrogen-bond donors (Lipinski definition) is 2. The first-order valence-corrected chi connectivity index (χ1v) is 16.2. The molecule has 3 fully saturated rings. The monoisotopic (exact) mass is 599 g/mol. The molecule has 3 aliphatic rings. The molecule has 5 heterocycles. The third-order valence-electron chi connectivity index (χ3n) is 7.67. The number of pyridine rings is 1. The second-order valence-electron chi connectivity index (χ2n) is 10.8. The van der Waals surface area contributed by atoms with Crippen molar-refractivity contribution >= 4 is 33.0 Å². The molecule has 218 valence electrons. The van der Waals surface area contributed by atoms with Gasteiger partial charge in [-0.15, -0.1) is 11.3 Å². The summed E-state index contributed by atoms with van der Waals surface area (Å²) in [6.07, 6.45) is 9.73. The highest BCUT2D eigenvalue weighted by Crippen LogP contribution is 2.39. The molecule has 3 aromatic heterocycles. The second kappa shape index (κ2) is 11.6. The summed E-state index contributed by atoms with van der Waals surface area (Å²) in [6.45, 7) is 6.17. The number of nitrogens with one attached hydrogen (secondary N) is 2. The van der Waals surface area contributed by atoms with Crippen molar-refractivity contribution in [3.05, 3.63) is 47.6 Å². The number of carbonyl (C=O) groups excluding carboxylic acids is 1. The Labute approximate surface area is 243 Å². The number of ether oxygens (including phenoxy) is 2. The summed E-state index contributed by atoms with van der Waals surface area (Å²) in [7, 11) is -3.43. The molecule has 2 atom stereocenters. The molecular formula is C27H33N7O5S2. The predicted molar refractivity (Wildman–Crippen MR) is 153 cm³/mol. The Morgan fingerprint density at radius 2 is 2.15 bits per heavy atom. The molecule has 0 radical (unpaired) electrons. The molecule has 1 amide bonds. The first-order chi connectivity index (χ1) is 19.8. The number of nitrogens with zero attached hydrogens (tertiary/aromatic N) is 5. The van der Waals surface area contributed by atoms with Crippen LogP contribution in [0.3, 0.4) is 0 Å². The van der Waals surface area contributed by atoms with Gasteiger partial charge in [0.15, 0.2) is 5.01 Å². The number of thiazole rings is 1. The van der Waals surface area contributed by atoms with E-state index in [-0.39, 0.29) is 21.6 Å². The van der Waals surface area contributed by atoms with Gasteiger partial charge in [0.05, 0.1) is 53.2 Å². The highest BCUT2D eigenvalue weighted by atomic mass is 32.2. The lowest BCUT2D eigenvalue weighted by Gasteiger charge is -2.26. The first kappa shape index (κ1) is 27.9. The van der Waals surface area contributed by atoms with E-state index in [0.29, 0.717) is 53.8 Å². The number of carbonyl (C=O) groups is 1. The molecule has 1 spiro atoms. The quantitative estimate of drug-likeness (QED) is 0.337. The van der Waals surface area contributed by atoms with E-state index in [1.54, 1.807) is 30.7 Å². The molecule has 2 saturated heterocycles. The molecule has 6 rings (SSSR count). The largest absolute Gasteiger partial charge is 0.477 e. The van der Waals surface area contributed by atoms with Gasteiger partial charge in [-0.1, -0.05) is 0 Å². The van der Waals surface area contributed by atoms with E-state index in [0.717, 1.165) is 39.1 Å². The topological polar surface area (TPSA) is 149 Å². The second-order valence-corrected chi connectivity index (χ2v) is 13.8. The van der Waals surface area contributed by atoms with Crippen LogP contribution in [0, 0.1) is 5.41 Å². The van der Waals surface area contributed by atoms with E-state index in [4.69, 9.17) is 9.47 Å². The number of aromatic nitrogens is 4. The maximum absolute atomic E-state index is 13.5. The van der Waals surface area contributed by atoms with E-state index >= 15 is 0 Å². The maximum Gasteiger partial charge on any atom is 0.280 e. The Morgan fingerprint density at radius 1 is 1.27 bits per heavy atom. The molecular weight excluding hydrogens is 566 g/mol. The number of likely N-dealkylation sites (tertiary alicyclic amines) is 1. The molecule has 1 aliphatic carbocycles. The lowest BCUT2D eigenvalue weighted by molar-refractivity contribution is 0.0922. The van der Waals surface area contributed by atoms with Crippen molar-refractivity contribution in [2.45, 2.75) is 43.9 Å². The van der Waals surface area contributed by atoms with Crippen molar-refractivity contribution in [1.29, 1.82) is 0 Å². The van der Waals surface area contributed by atoms with E-state index in [9.17, 15) is 13.2 Å².